The first-order valence-electron chi connectivity index (χ1n) is 7.40. The van der Waals surface area contributed by atoms with Gasteiger partial charge in [0.2, 0.25) is 20.0 Å². The third-order valence-electron chi connectivity index (χ3n) is 3.61. The predicted octanol–water partition coefficient (Wildman–Crippen LogP) is 1.39. The number of anilines is 2. The maximum atomic E-state index is 12.5. The Morgan fingerprint density at radius 2 is 1.70 bits per heavy atom. The molecule has 0 atom stereocenters. The van der Waals surface area contributed by atoms with Crippen molar-refractivity contribution in [2.45, 2.75) is 25.8 Å². The molecular weight excluding hydrogens is 340 g/mol. The lowest BCUT2D eigenvalue weighted by Crippen LogP contribution is -2.44. The van der Waals surface area contributed by atoms with E-state index in [4.69, 9.17) is 4.74 Å². The second-order valence-corrected chi connectivity index (χ2v) is 9.34. The van der Waals surface area contributed by atoms with Crippen LogP contribution in [0, 0.1) is 0 Å². The summed E-state index contributed by atoms with van der Waals surface area (Å²) in [6.07, 6.45) is 2.35. The van der Waals surface area contributed by atoms with Crippen molar-refractivity contribution in [1.82, 2.24) is 0 Å². The van der Waals surface area contributed by atoms with Crippen molar-refractivity contribution in [3.63, 3.8) is 0 Å². The smallest absolute Gasteiger partial charge is 0.235 e. The van der Waals surface area contributed by atoms with Gasteiger partial charge in [-0.25, -0.2) is 16.8 Å². The Morgan fingerprint density at radius 3 is 2.17 bits per heavy atom. The van der Waals surface area contributed by atoms with Gasteiger partial charge in [0.15, 0.2) is 0 Å². The number of rotatable bonds is 6. The van der Waals surface area contributed by atoms with Gasteiger partial charge in [-0.1, -0.05) is 0 Å². The Hall–Kier alpha value is -1.32. The van der Waals surface area contributed by atoms with Crippen LogP contribution in [0.3, 0.4) is 0 Å². The van der Waals surface area contributed by atoms with Crippen LogP contribution in [0.4, 0.5) is 11.4 Å². The van der Waals surface area contributed by atoms with Crippen LogP contribution in [0.5, 0.6) is 0 Å². The van der Waals surface area contributed by atoms with Crippen LogP contribution in [-0.4, -0.2) is 48.1 Å². The molecule has 1 aromatic rings. The molecule has 2 rings (SSSR count). The van der Waals surface area contributed by atoms with Gasteiger partial charge in [-0.05, 0) is 44.0 Å². The zero-order valence-electron chi connectivity index (χ0n) is 13.2. The molecule has 0 amide bonds. The third-order valence-corrected chi connectivity index (χ3v) is 6.06. The predicted molar refractivity (Wildman–Crippen MR) is 90.7 cm³/mol. The molecule has 1 heterocycles. The highest BCUT2D eigenvalue weighted by Gasteiger charge is 2.30. The van der Waals surface area contributed by atoms with E-state index < -0.39 is 20.0 Å². The minimum atomic E-state index is -3.42. The average Bonchev–Trinajstić information content (AvgIpc) is 2.49. The van der Waals surface area contributed by atoms with Gasteiger partial charge in [-0.3, -0.25) is 9.03 Å². The summed E-state index contributed by atoms with van der Waals surface area (Å²) in [5.41, 5.74) is 0.940. The largest absolute Gasteiger partial charge is 0.381 e. The Bertz CT molecular complexity index is 723. The number of nitrogens with zero attached hydrogens (tertiary/aromatic N) is 1. The van der Waals surface area contributed by atoms with E-state index in [2.05, 4.69) is 4.72 Å². The minimum Gasteiger partial charge on any atom is -0.381 e. The molecule has 130 valence electrons. The van der Waals surface area contributed by atoms with Crippen molar-refractivity contribution < 1.29 is 21.6 Å². The fraction of sp³-hybridized carbons (Fsp3) is 0.571. The van der Waals surface area contributed by atoms with Crippen molar-refractivity contribution in [2.24, 2.45) is 0 Å². The van der Waals surface area contributed by atoms with Gasteiger partial charge < -0.3 is 4.74 Å². The molecule has 0 aliphatic carbocycles. The molecule has 0 spiro atoms. The van der Waals surface area contributed by atoms with E-state index in [1.807, 2.05) is 0 Å². The van der Waals surface area contributed by atoms with Gasteiger partial charge in [0.05, 0.1) is 17.7 Å². The van der Waals surface area contributed by atoms with E-state index in [0.29, 0.717) is 37.4 Å². The normalized spacial score (nSPS) is 17.0. The van der Waals surface area contributed by atoms with Crippen molar-refractivity contribution in [3.8, 4) is 0 Å². The van der Waals surface area contributed by atoms with Gasteiger partial charge in [-0.2, -0.15) is 0 Å². The summed E-state index contributed by atoms with van der Waals surface area (Å²) in [6, 6.07) is 6.23. The van der Waals surface area contributed by atoms with Crippen LogP contribution in [0.2, 0.25) is 0 Å². The molecule has 1 N–H and O–H groups in total. The van der Waals surface area contributed by atoms with E-state index in [0.717, 1.165) is 6.26 Å². The van der Waals surface area contributed by atoms with Gasteiger partial charge in [0.25, 0.3) is 0 Å². The average molecular weight is 362 g/mol. The fourth-order valence-corrected chi connectivity index (χ4v) is 4.50. The summed E-state index contributed by atoms with van der Waals surface area (Å²) < 4.78 is 56.6. The molecule has 0 radical (unpaired) electrons. The first-order valence-corrected chi connectivity index (χ1v) is 10.9. The molecule has 0 bridgehead atoms. The van der Waals surface area contributed by atoms with Gasteiger partial charge in [-0.15, -0.1) is 0 Å². The summed E-state index contributed by atoms with van der Waals surface area (Å²) in [7, 11) is -6.78. The number of ether oxygens (including phenoxy) is 1. The lowest BCUT2D eigenvalue weighted by molar-refractivity contribution is 0.0875. The van der Waals surface area contributed by atoms with E-state index >= 15 is 0 Å². The molecule has 9 heteroatoms. The number of hydrogen-bond acceptors (Lipinski definition) is 5. The highest BCUT2D eigenvalue weighted by Crippen LogP contribution is 2.28. The van der Waals surface area contributed by atoms with Crippen LogP contribution >= 0.6 is 0 Å². The molecule has 1 fully saturated rings. The second-order valence-electron chi connectivity index (χ2n) is 5.46. The quantitative estimate of drug-likeness (QED) is 0.825. The highest BCUT2D eigenvalue weighted by molar-refractivity contribution is 7.92. The van der Waals surface area contributed by atoms with E-state index in [9.17, 15) is 16.8 Å². The Kier molecular flexibility index (Phi) is 5.53. The Morgan fingerprint density at radius 1 is 1.13 bits per heavy atom. The van der Waals surface area contributed by atoms with Crippen molar-refractivity contribution in [2.75, 3.05) is 34.2 Å². The SMILES string of the molecule is CCS(=O)(=O)N(c1ccc(NS(C)(=O)=O)cc1)C1CCOCC1. The molecule has 0 aromatic heterocycles. The van der Waals surface area contributed by atoms with Crippen molar-refractivity contribution in [3.05, 3.63) is 24.3 Å². The molecular formula is C14H22N2O5S2. The summed E-state index contributed by atoms with van der Waals surface area (Å²) >= 11 is 0. The van der Waals surface area contributed by atoms with Crippen LogP contribution in [-0.2, 0) is 24.8 Å². The van der Waals surface area contributed by atoms with E-state index in [-0.39, 0.29) is 11.8 Å². The zero-order valence-corrected chi connectivity index (χ0v) is 14.9. The van der Waals surface area contributed by atoms with Crippen molar-refractivity contribution in [1.29, 1.82) is 0 Å². The Labute approximate surface area is 137 Å². The first kappa shape index (κ1) is 18.0. The molecule has 1 aliphatic rings. The lowest BCUT2D eigenvalue weighted by atomic mass is 10.1. The first-order chi connectivity index (χ1) is 10.7. The van der Waals surface area contributed by atoms with Crippen LogP contribution in [0.25, 0.3) is 0 Å². The van der Waals surface area contributed by atoms with Gasteiger partial charge in [0.1, 0.15) is 0 Å². The second kappa shape index (κ2) is 7.06. The number of sulfonamides is 2. The summed E-state index contributed by atoms with van der Waals surface area (Å²) in [5, 5.41) is 0. The molecule has 1 aliphatic heterocycles. The molecule has 0 saturated carbocycles. The third kappa shape index (κ3) is 4.82. The zero-order chi connectivity index (χ0) is 17.1. The van der Waals surface area contributed by atoms with Crippen LogP contribution < -0.4 is 9.03 Å². The van der Waals surface area contributed by atoms with E-state index in [1.54, 1.807) is 31.2 Å². The lowest BCUT2D eigenvalue weighted by Gasteiger charge is -2.35. The van der Waals surface area contributed by atoms with Gasteiger partial charge in [0, 0.05) is 24.9 Å². The number of hydrogen-bond donors (Lipinski definition) is 1. The summed E-state index contributed by atoms with van der Waals surface area (Å²) in [4.78, 5) is 0. The number of nitrogens with one attached hydrogen (secondary N) is 1. The van der Waals surface area contributed by atoms with Gasteiger partial charge >= 0.3 is 0 Å². The molecule has 1 aromatic carbocycles. The molecule has 0 unspecified atom stereocenters. The summed E-state index contributed by atoms with van der Waals surface area (Å²) in [6.45, 7) is 2.68. The van der Waals surface area contributed by atoms with Crippen LogP contribution in [0.1, 0.15) is 19.8 Å². The monoisotopic (exact) mass is 362 g/mol. The standard InChI is InChI=1S/C14H22N2O5S2/c1-3-23(19,20)16(14-8-10-21-11-9-14)13-6-4-12(5-7-13)15-22(2,17)18/h4-7,14-15H,3,8-11H2,1-2H3. The topological polar surface area (TPSA) is 92.8 Å². The molecule has 23 heavy (non-hydrogen) atoms. The van der Waals surface area contributed by atoms with Crippen molar-refractivity contribution >= 4 is 31.4 Å². The minimum absolute atomic E-state index is 0.00764. The molecule has 1 saturated heterocycles. The maximum absolute atomic E-state index is 12.5. The van der Waals surface area contributed by atoms with Crippen LogP contribution in [0.15, 0.2) is 24.3 Å². The summed E-state index contributed by atoms with van der Waals surface area (Å²) in [5.74, 6) is 0.00764. The number of benzene rings is 1. The Balaban J connectivity index is 2.32. The van der Waals surface area contributed by atoms with E-state index in [1.165, 1.54) is 4.31 Å². The fourth-order valence-electron chi connectivity index (χ4n) is 2.55. The highest BCUT2D eigenvalue weighted by atomic mass is 32.2. The maximum Gasteiger partial charge on any atom is 0.235 e. The molecule has 7 nitrogen and oxygen atoms in total.